The van der Waals surface area contributed by atoms with Gasteiger partial charge >= 0.3 is 23.6 Å². The number of hydrogen-bond acceptors (Lipinski definition) is 5. The number of nitrogens with zero attached hydrogens (tertiary/aromatic N) is 3. The van der Waals surface area contributed by atoms with Crippen molar-refractivity contribution >= 4 is 23.6 Å². The molecule has 74 valence electrons. The number of amides is 4. The van der Waals surface area contributed by atoms with Gasteiger partial charge in [-0.05, 0) is 9.71 Å². The molecule has 0 aromatic carbocycles. The van der Waals surface area contributed by atoms with E-state index in [4.69, 9.17) is 0 Å². The molecule has 7 nitrogen and oxygen atoms in total. The molecular formula is C8H4N3O4+. The van der Waals surface area contributed by atoms with Crippen molar-refractivity contribution in [3.63, 3.8) is 0 Å². The molecular weight excluding hydrogens is 202 g/mol. The highest BCUT2D eigenvalue weighted by Crippen LogP contribution is 2.06. The van der Waals surface area contributed by atoms with Crippen molar-refractivity contribution in [2.75, 3.05) is 0 Å². The average molecular weight is 206 g/mol. The van der Waals surface area contributed by atoms with Crippen molar-refractivity contribution in [3.05, 3.63) is 24.3 Å². The van der Waals surface area contributed by atoms with Gasteiger partial charge in [0.05, 0.1) is 0 Å². The Hall–Kier alpha value is -2.44. The summed E-state index contributed by atoms with van der Waals surface area (Å²) in [5.41, 5.74) is 0. The molecule has 0 saturated carbocycles. The van der Waals surface area contributed by atoms with Gasteiger partial charge in [-0.15, -0.1) is 0 Å². The summed E-state index contributed by atoms with van der Waals surface area (Å²) in [6.45, 7) is 0. The van der Waals surface area contributed by atoms with Crippen LogP contribution < -0.4 is 0 Å². The average Bonchev–Trinajstić information content (AvgIpc) is 2.67. The van der Waals surface area contributed by atoms with Gasteiger partial charge < -0.3 is 0 Å². The summed E-state index contributed by atoms with van der Waals surface area (Å²) >= 11 is 0. The van der Waals surface area contributed by atoms with Gasteiger partial charge in [-0.3, -0.25) is 0 Å². The molecule has 4 amide bonds. The maximum atomic E-state index is 11.0. The minimum atomic E-state index is -0.687. The van der Waals surface area contributed by atoms with E-state index in [2.05, 4.69) is 5.22 Å². The van der Waals surface area contributed by atoms with Crippen LogP contribution in [0.2, 0.25) is 0 Å². The molecule has 2 rings (SSSR count). The third-order valence-corrected chi connectivity index (χ3v) is 1.75. The van der Waals surface area contributed by atoms with Gasteiger partial charge in [0, 0.05) is 24.3 Å². The lowest BCUT2D eigenvalue weighted by Crippen LogP contribution is -2.29. The summed E-state index contributed by atoms with van der Waals surface area (Å²) in [5, 5.41) is 3.79. The van der Waals surface area contributed by atoms with E-state index in [9.17, 15) is 19.2 Å². The maximum Gasteiger partial charge on any atom is 0.362 e. The van der Waals surface area contributed by atoms with Gasteiger partial charge in [0.2, 0.25) is 0 Å². The molecule has 0 bridgehead atoms. The van der Waals surface area contributed by atoms with Crippen molar-refractivity contribution in [1.29, 1.82) is 0 Å². The van der Waals surface area contributed by atoms with Gasteiger partial charge in [0.1, 0.15) is 5.22 Å². The SMILES string of the molecule is O=C1C=CC(=O)N1N=[N+]1C(=O)C=CC1=O. The lowest BCUT2D eigenvalue weighted by atomic mass is 10.6. The summed E-state index contributed by atoms with van der Waals surface area (Å²) in [6.07, 6.45) is 4.02. The van der Waals surface area contributed by atoms with Crippen molar-refractivity contribution in [2.45, 2.75) is 0 Å². The zero-order chi connectivity index (χ0) is 11.0. The Morgan fingerprint density at radius 1 is 0.867 bits per heavy atom. The van der Waals surface area contributed by atoms with E-state index in [0.717, 1.165) is 24.3 Å². The van der Waals surface area contributed by atoms with Gasteiger partial charge in [-0.1, -0.05) is 0 Å². The first-order chi connectivity index (χ1) is 7.09. The molecule has 0 fully saturated rings. The van der Waals surface area contributed by atoms with Crippen LogP contribution >= 0.6 is 0 Å². The maximum absolute atomic E-state index is 11.0. The van der Waals surface area contributed by atoms with Crippen LogP contribution in [0.3, 0.4) is 0 Å². The number of carbonyl (C=O) groups excluding carboxylic acids is 4. The van der Waals surface area contributed by atoms with E-state index in [-0.39, 0.29) is 0 Å². The second kappa shape index (κ2) is 3.05. The molecule has 0 aromatic rings. The van der Waals surface area contributed by atoms with Crippen LogP contribution in [0, 0.1) is 0 Å². The Labute approximate surface area is 82.9 Å². The molecule has 2 aliphatic heterocycles. The second-order valence-electron chi connectivity index (χ2n) is 2.73. The highest BCUT2D eigenvalue weighted by atomic mass is 16.2. The lowest BCUT2D eigenvalue weighted by molar-refractivity contribution is -0.441. The quantitative estimate of drug-likeness (QED) is 0.403. The van der Waals surface area contributed by atoms with Crippen LogP contribution in [0.1, 0.15) is 0 Å². The number of carbonyl (C=O) groups is 4. The standard InChI is InChI=1S/C8H4N3O4/c12-5-1-2-6(13)10(5)9-11-7(14)3-4-8(11)15/h1-4H/q+1. The monoisotopic (exact) mass is 206 g/mol. The summed E-state index contributed by atoms with van der Waals surface area (Å²) in [6, 6.07) is 0. The first-order valence-electron chi connectivity index (χ1n) is 3.93. The van der Waals surface area contributed by atoms with Crippen LogP contribution in [-0.4, -0.2) is 33.3 Å². The van der Waals surface area contributed by atoms with Gasteiger partial charge in [0.15, 0.2) is 0 Å². The summed E-state index contributed by atoms with van der Waals surface area (Å²) in [7, 11) is 0. The van der Waals surface area contributed by atoms with E-state index >= 15 is 0 Å². The molecule has 0 radical (unpaired) electrons. The van der Waals surface area contributed by atoms with Gasteiger partial charge in [-0.2, -0.15) is 0 Å². The van der Waals surface area contributed by atoms with Crippen molar-refractivity contribution in [3.8, 4) is 0 Å². The first kappa shape index (κ1) is 9.13. The van der Waals surface area contributed by atoms with E-state index in [1.54, 1.807) is 0 Å². The Morgan fingerprint density at radius 2 is 1.33 bits per heavy atom. The van der Waals surface area contributed by atoms with Crippen molar-refractivity contribution in [1.82, 2.24) is 5.01 Å². The van der Waals surface area contributed by atoms with Crippen molar-refractivity contribution in [2.24, 2.45) is 5.22 Å². The largest absolute Gasteiger partial charge is 0.362 e. The molecule has 2 aliphatic rings. The second-order valence-corrected chi connectivity index (χ2v) is 2.73. The Balaban J connectivity index is 2.32. The van der Waals surface area contributed by atoms with Gasteiger partial charge in [0.25, 0.3) is 0 Å². The normalized spacial score (nSPS) is 19.7. The predicted molar refractivity (Wildman–Crippen MR) is 42.8 cm³/mol. The third kappa shape index (κ3) is 1.39. The highest BCUT2D eigenvalue weighted by molar-refractivity contribution is 6.12. The van der Waals surface area contributed by atoms with Gasteiger partial charge in [-0.25, -0.2) is 19.2 Å². The van der Waals surface area contributed by atoms with E-state index < -0.39 is 23.6 Å². The van der Waals surface area contributed by atoms with E-state index in [0.29, 0.717) is 9.71 Å². The minimum absolute atomic E-state index is 0.447. The van der Waals surface area contributed by atoms with Crippen LogP contribution in [0.25, 0.3) is 0 Å². The zero-order valence-electron chi connectivity index (χ0n) is 7.28. The van der Waals surface area contributed by atoms with Crippen LogP contribution in [0.4, 0.5) is 0 Å². The third-order valence-electron chi connectivity index (χ3n) is 1.75. The van der Waals surface area contributed by atoms with E-state index in [1.165, 1.54) is 0 Å². The molecule has 0 unspecified atom stereocenters. The molecule has 0 aliphatic carbocycles. The Kier molecular flexibility index (Phi) is 1.86. The summed E-state index contributed by atoms with van der Waals surface area (Å²) in [5.74, 6) is -2.75. The molecule has 0 saturated heterocycles. The van der Waals surface area contributed by atoms with Crippen LogP contribution in [-0.2, 0) is 19.2 Å². The molecule has 7 heteroatoms. The number of rotatable bonds is 1. The zero-order valence-corrected chi connectivity index (χ0v) is 7.28. The summed E-state index contributed by atoms with van der Waals surface area (Å²) in [4.78, 5) is 44.2. The number of imide groups is 2. The molecule has 0 atom stereocenters. The smallest absolute Gasteiger partial charge is 0.239 e. The van der Waals surface area contributed by atoms with Crippen LogP contribution in [0.15, 0.2) is 29.5 Å². The summed E-state index contributed by atoms with van der Waals surface area (Å²) < 4.78 is 0.447. The van der Waals surface area contributed by atoms with Crippen LogP contribution in [0.5, 0.6) is 0 Å². The molecule has 0 aromatic heterocycles. The van der Waals surface area contributed by atoms with Crippen molar-refractivity contribution < 1.29 is 23.9 Å². The number of hydrogen-bond donors (Lipinski definition) is 0. The topological polar surface area (TPSA) is 86.9 Å². The fourth-order valence-corrected chi connectivity index (χ4v) is 1.05. The Morgan fingerprint density at radius 3 is 1.80 bits per heavy atom. The van der Waals surface area contributed by atoms with E-state index in [1.807, 2.05) is 0 Å². The first-order valence-corrected chi connectivity index (χ1v) is 3.93. The molecule has 0 spiro atoms. The lowest BCUT2D eigenvalue weighted by Gasteiger charge is -1.95. The fraction of sp³-hybridized carbons (Fsp3) is 0. The fourth-order valence-electron chi connectivity index (χ4n) is 1.05. The minimum Gasteiger partial charge on any atom is -0.239 e. The predicted octanol–water partition coefficient (Wildman–Crippen LogP) is -1.09. The molecule has 0 N–H and O–H groups in total. The molecule has 2 heterocycles. The molecule has 15 heavy (non-hydrogen) atoms. The highest BCUT2D eigenvalue weighted by Gasteiger charge is 2.36. The Bertz CT molecular complexity index is 448.